The van der Waals surface area contributed by atoms with Crippen LogP contribution in [0.1, 0.15) is 50.9 Å². The standard InChI is InChI=1S/C22H31BCl2N2O5/c1-13(2)8-16(23-27(5,12-21(29)32-23)14(3)15(4)31-23)9-18(28)11-26-22(30)19-10-17(24)6-7-20(19)25/h6-7,10,13-16H,8-9,11-12H2,1-5H3,(H,26,30)/t14-,15-,16-,23?,27?/m1/s1. The first-order valence-corrected chi connectivity index (χ1v) is 11.8. The first-order valence-electron chi connectivity index (χ1n) is 11.0. The van der Waals surface area contributed by atoms with E-state index in [9.17, 15) is 14.4 Å². The van der Waals surface area contributed by atoms with Crippen molar-refractivity contribution in [1.29, 1.82) is 0 Å². The van der Waals surface area contributed by atoms with Gasteiger partial charge in [0.05, 0.1) is 29.3 Å². The van der Waals surface area contributed by atoms with Crippen LogP contribution >= 0.6 is 23.2 Å². The monoisotopic (exact) mass is 484 g/mol. The van der Waals surface area contributed by atoms with Gasteiger partial charge in [0, 0.05) is 12.1 Å². The normalized spacial score (nSPS) is 30.2. The molecule has 1 aromatic rings. The molecule has 2 aliphatic heterocycles. The summed E-state index contributed by atoms with van der Waals surface area (Å²) >= 11 is 12.0. The molecule has 10 heteroatoms. The highest BCUT2D eigenvalue weighted by Gasteiger charge is 2.68. The number of halogens is 2. The number of benzene rings is 1. The van der Waals surface area contributed by atoms with Gasteiger partial charge >= 0.3 is 12.7 Å². The highest BCUT2D eigenvalue weighted by Crippen LogP contribution is 2.49. The molecule has 2 unspecified atom stereocenters. The molecule has 2 heterocycles. The van der Waals surface area contributed by atoms with Gasteiger partial charge in [-0.05, 0) is 50.2 Å². The Morgan fingerprint density at radius 1 is 1.28 bits per heavy atom. The van der Waals surface area contributed by atoms with Crippen LogP contribution in [0.15, 0.2) is 18.2 Å². The summed E-state index contributed by atoms with van der Waals surface area (Å²) in [6, 6.07) is 4.65. The van der Waals surface area contributed by atoms with Crippen molar-refractivity contribution in [3.05, 3.63) is 33.8 Å². The Kier molecular flexibility index (Phi) is 7.30. The van der Waals surface area contributed by atoms with Crippen molar-refractivity contribution < 1.29 is 28.1 Å². The number of carbonyl (C=O) groups is 3. The van der Waals surface area contributed by atoms with Crippen LogP contribution in [-0.2, 0) is 18.9 Å². The SMILES string of the molecule is CC(C)C[C@H](CC(=O)CNC(=O)c1cc(Cl)ccc1Cl)[B-]12OC(=O)C[N+]1(C)[C@H](C)[C@@H](C)O2. The fourth-order valence-electron chi connectivity index (χ4n) is 5.30. The molecule has 3 rings (SSSR count). The molecule has 0 aromatic heterocycles. The molecular weight excluding hydrogens is 454 g/mol. The molecule has 1 amide bonds. The van der Waals surface area contributed by atoms with Gasteiger partial charge in [-0.2, -0.15) is 0 Å². The number of likely N-dealkylation sites (N-methyl/N-ethyl adjacent to an activating group) is 1. The topological polar surface area (TPSA) is 81.7 Å². The number of Topliss-reactive ketones (excluding diaryl/α,β-unsaturated/α-hetero) is 1. The second kappa shape index (κ2) is 9.33. The van der Waals surface area contributed by atoms with E-state index in [0.29, 0.717) is 15.8 Å². The fraction of sp³-hybridized carbons (Fsp3) is 0.591. The minimum Gasteiger partial charge on any atom is -0.611 e. The molecule has 2 fully saturated rings. The lowest BCUT2D eigenvalue weighted by atomic mass is 9.51. The molecule has 2 saturated heterocycles. The minimum absolute atomic E-state index is 0.0656. The average Bonchev–Trinajstić information content (AvgIpc) is 3.06. The maximum atomic E-state index is 12.9. The van der Waals surface area contributed by atoms with E-state index in [0.717, 1.165) is 0 Å². The zero-order valence-corrected chi connectivity index (χ0v) is 20.7. The number of ketones is 1. The third-order valence-electron chi connectivity index (χ3n) is 7.09. The van der Waals surface area contributed by atoms with Crippen LogP contribution < -0.4 is 5.32 Å². The summed E-state index contributed by atoms with van der Waals surface area (Å²) in [6.45, 7) is 6.19. The lowest BCUT2D eigenvalue weighted by molar-refractivity contribution is -0.824. The van der Waals surface area contributed by atoms with Gasteiger partial charge in [0.25, 0.3) is 5.91 Å². The average molecular weight is 485 g/mol. The van der Waals surface area contributed by atoms with Gasteiger partial charge in [-0.25, -0.2) is 0 Å². The predicted octanol–water partition coefficient (Wildman–Crippen LogP) is 3.85. The zero-order valence-electron chi connectivity index (χ0n) is 19.2. The largest absolute Gasteiger partial charge is 0.611 e. The van der Waals surface area contributed by atoms with Gasteiger partial charge in [0.2, 0.25) is 0 Å². The second-order valence-electron chi connectivity index (χ2n) is 9.74. The number of nitrogens with one attached hydrogen (secondary N) is 1. The number of hydrogen-bond donors (Lipinski definition) is 1. The van der Waals surface area contributed by atoms with E-state index in [2.05, 4.69) is 26.1 Å². The number of fused-ring (bicyclic) bond motifs is 1. The Morgan fingerprint density at radius 2 is 1.97 bits per heavy atom. The van der Waals surface area contributed by atoms with Crippen molar-refractivity contribution in [3.63, 3.8) is 0 Å². The molecule has 0 saturated carbocycles. The zero-order chi connectivity index (χ0) is 23.8. The quantitative estimate of drug-likeness (QED) is 0.566. The van der Waals surface area contributed by atoms with Crippen LogP contribution in [0.5, 0.6) is 0 Å². The lowest BCUT2D eigenvalue weighted by Crippen LogP contribution is -2.65. The summed E-state index contributed by atoms with van der Waals surface area (Å²) in [4.78, 5) is 37.8. The Morgan fingerprint density at radius 3 is 2.62 bits per heavy atom. The van der Waals surface area contributed by atoms with Crippen LogP contribution in [0.4, 0.5) is 0 Å². The maximum absolute atomic E-state index is 12.9. The molecule has 0 spiro atoms. The Hall–Kier alpha value is -1.61. The number of quaternary nitrogens is 1. The molecule has 0 radical (unpaired) electrons. The summed E-state index contributed by atoms with van der Waals surface area (Å²) in [5.41, 5.74) is 0.212. The number of rotatable bonds is 8. The molecule has 32 heavy (non-hydrogen) atoms. The molecule has 1 aromatic carbocycles. The van der Waals surface area contributed by atoms with Crippen LogP contribution in [0.2, 0.25) is 15.9 Å². The molecule has 176 valence electrons. The molecule has 0 bridgehead atoms. The van der Waals surface area contributed by atoms with E-state index >= 15 is 0 Å². The minimum atomic E-state index is -2.05. The third kappa shape index (κ3) is 4.56. The van der Waals surface area contributed by atoms with Gasteiger partial charge in [-0.3, -0.25) is 14.4 Å². The van der Waals surface area contributed by atoms with Gasteiger partial charge < -0.3 is 19.0 Å². The first kappa shape index (κ1) is 25.0. The Labute approximate surface area is 199 Å². The highest BCUT2D eigenvalue weighted by molar-refractivity contribution is 6.65. The van der Waals surface area contributed by atoms with E-state index in [1.54, 1.807) is 6.07 Å². The summed E-state index contributed by atoms with van der Waals surface area (Å²) in [5.74, 6) is -0.938. The van der Waals surface area contributed by atoms with Crippen molar-refractivity contribution in [2.45, 2.75) is 58.5 Å². The van der Waals surface area contributed by atoms with Crippen LogP contribution in [0.25, 0.3) is 0 Å². The first-order chi connectivity index (χ1) is 14.9. The third-order valence-corrected chi connectivity index (χ3v) is 7.66. The fourth-order valence-corrected chi connectivity index (χ4v) is 5.68. The van der Waals surface area contributed by atoms with Crippen LogP contribution in [0.3, 0.4) is 0 Å². The van der Waals surface area contributed by atoms with E-state index in [1.807, 2.05) is 14.0 Å². The van der Waals surface area contributed by atoms with Crippen molar-refractivity contribution in [2.75, 3.05) is 20.1 Å². The lowest BCUT2D eigenvalue weighted by Gasteiger charge is -2.48. The summed E-state index contributed by atoms with van der Waals surface area (Å²) < 4.78 is 12.6. The van der Waals surface area contributed by atoms with E-state index in [1.165, 1.54) is 12.1 Å². The summed E-state index contributed by atoms with van der Waals surface area (Å²) in [7, 11) is 1.99. The van der Waals surface area contributed by atoms with Gasteiger partial charge in [-0.1, -0.05) is 43.5 Å². The molecular formula is C22H31BCl2N2O5. The number of amides is 1. The second-order valence-corrected chi connectivity index (χ2v) is 10.6. The number of hydrogen-bond acceptors (Lipinski definition) is 5. The van der Waals surface area contributed by atoms with Crippen LogP contribution in [-0.4, -0.2) is 61.0 Å². The number of carbonyl (C=O) groups excluding carboxylic acids is 3. The van der Waals surface area contributed by atoms with E-state index in [-0.39, 0.29) is 65.7 Å². The molecule has 7 nitrogen and oxygen atoms in total. The van der Waals surface area contributed by atoms with Gasteiger partial charge in [0.15, 0.2) is 0 Å². The Balaban J connectivity index is 1.76. The van der Waals surface area contributed by atoms with Crippen molar-refractivity contribution in [3.8, 4) is 0 Å². The van der Waals surface area contributed by atoms with Crippen molar-refractivity contribution >= 4 is 47.5 Å². The van der Waals surface area contributed by atoms with E-state index < -0.39 is 12.6 Å². The molecule has 2 aliphatic rings. The summed E-state index contributed by atoms with van der Waals surface area (Å²) in [5, 5.41) is 3.27. The molecule has 5 atom stereocenters. The smallest absolute Gasteiger partial charge is 0.531 e. The molecule has 0 aliphatic carbocycles. The van der Waals surface area contributed by atoms with E-state index in [4.69, 9.17) is 32.5 Å². The van der Waals surface area contributed by atoms with Gasteiger partial charge in [0.1, 0.15) is 12.3 Å². The van der Waals surface area contributed by atoms with Crippen molar-refractivity contribution in [2.24, 2.45) is 5.92 Å². The Bertz CT molecular complexity index is 930. The van der Waals surface area contributed by atoms with Crippen LogP contribution in [0, 0.1) is 5.92 Å². The highest BCUT2D eigenvalue weighted by atomic mass is 35.5. The summed E-state index contributed by atoms with van der Waals surface area (Å²) in [6.07, 6.45) is 0.713. The van der Waals surface area contributed by atoms with Crippen molar-refractivity contribution in [1.82, 2.24) is 5.32 Å². The maximum Gasteiger partial charge on any atom is 0.531 e. The van der Waals surface area contributed by atoms with Gasteiger partial charge in [-0.15, -0.1) is 0 Å². The number of nitrogens with zero attached hydrogens (tertiary/aromatic N) is 1. The predicted molar refractivity (Wildman–Crippen MR) is 125 cm³/mol. The molecule has 1 N–H and O–H groups in total.